The number of nitrogens with one attached hydrogen (secondary N) is 1. The first-order valence-electron chi connectivity index (χ1n) is 7.32. The molecular formula is C14H20F2N4. The van der Waals surface area contributed by atoms with Crippen molar-refractivity contribution in [3.8, 4) is 0 Å². The van der Waals surface area contributed by atoms with E-state index < -0.39 is 5.92 Å². The van der Waals surface area contributed by atoms with E-state index in [0.717, 1.165) is 43.1 Å². The zero-order chi connectivity index (χ0) is 14.0. The molecule has 0 radical (unpaired) electrons. The summed E-state index contributed by atoms with van der Waals surface area (Å²) in [4.78, 5) is 11.1. The fourth-order valence-electron chi connectivity index (χ4n) is 2.83. The number of rotatable bonds is 1. The molecule has 3 rings (SSSR count). The third-order valence-corrected chi connectivity index (χ3v) is 4.04. The van der Waals surface area contributed by atoms with Gasteiger partial charge in [-0.15, -0.1) is 0 Å². The number of hydrogen-bond acceptors (Lipinski definition) is 4. The van der Waals surface area contributed by atoms with E-state index in [1.54, 1.807) is 6.20 Å². The molecule has 1 fully saturated rings. The van der Waals surface area contributed by atoms with Gasteiger partial charge in [-0.25, -0.2) is 13.8 Å². The lowest BCUT2D eigenvalue weighted by Crippen LogP contribution is -2.27. The number of aromatic nitrogens is 2. The molecule has 3 heterocycles. The van der Waals surface area contributed by atoms with Crippen LogP contribution in [-0.4, -0.2) is 42.1 Å². The van der Waals surface area contributed by atoms with Gasteiger partial charge in [-0.05, 0) is 6.42 Å². The molecule has 0 aromatic carbocycles. The number of halogens is 2. The van der Waals surface area contributed by atoms with Gasteiger partial charge >= 0.3 is 0 Å². The Morgan fingerprint density at radius 3 is 2.75 bits per heavy atom. The number of nitrogens with zero attached hydrogens (tertiary/aromatic N) is 3. The van der Waals surface area contributed by atoms with E-state index in [9.17, 15) is 8.78 Å². The summed E-state index contributed by atoms with van der Waals surface area (Å²) in [6.45, 7) is 2.83. The average Bonchev–Trinajstić information content (AvgIpc) is 2.75. The van der Waals surface area contributed by atoms with E-state index in [4.69, 9.17) is 0 Å². The van der Waals surface area contributed by atoms with Crippen LogP contribution in [0.4, 0.5) is 14.6 Å². The van der Waals surface area contributed by atoms with Crippen molar-refractivity contribution < 1.29 is 8.78 Å². The van der Waals surface area contributed by atoms with E-state index >= 15 is 0 Å². The maximum atomic E-state index is 13.4. The third-order valence-electron chi connectivity index (χ3n) is 4.04. The Hall–Kier alpha value is -1.30. The Morgan fingerprint density at radius 2 is 1.90 bits per heavy atom. The lowest BCUT2D eigenvalue weighted by atomic mass is 10.1. The van der Waals surface area contributed by atoms with E-state index in [-0.39, 0.29) is 12.8 Å². The zero-order valence-corrected chi connectivity index (χ0v) is 11.5. The zero-order valence-electron chi connectivity index (χ0n) is 11.5. The van der Waals surface area contributed by atoms with Crippen molar-refractivity contribution in [2.24, 2.45) is 0 Å². The number of alkyl halides is 2. The Morgan fingerprint density at radius 1 is 1.10 bits per heavy atom. The molecule has 1 saturated heterocycles. The molecule has 0 atom stereocenters. The number of hydrogen-bond donors (Lipinski definition) is 1. The van der Waals surface area contributed by atoms with Crippen molar-refractivity contribution in [3.05, 3.63) is 17.6 Å². The normalized spacial score (nSPS) is 22.8. The molecule has 1 aromatic rings. The summed E-state index contributed by atoms with van der Waals surface area (Å²) in [6, 6.07) is 0. The molecule has 20 heavy (non-hydrogen) atoms. The topological polar surface area (TPSA) is 41.1 Å². The number of anilines is 1. The Bertz CT molecular complexity index is 478. The van der Waals surface area contributed by atoms with Gasteiger partial charge in [0.1, 0.15) is 5.82 Å². The van der Waals surface area contributed by atoms with Crippen LogP contribution in [-0.2, 0) is 12.8 Å². The predicted molar refractivity (Wildman–Crippen MR) is 73.3 cm³/mol. The van der Waals surface area contributed by atoms with Gasteiger partial charge in [0.05, 0.1) is 17.6 Å². The quantitative estimate of drug-likeness (QED) is 0.852. The van der Waals surface area contributed by atoms with Gasteiger partial charge in [-0.2, -0.15) is 0 Å². The van der Waals surface area contributed by atoms with E-state index in [2.05, 4.69) is 15.3 Å². The fraction of sp³-hybridized carbons (Fsp3) is 0.714. The van der Waals surface area contributed by atoms with Gasteiger partial charge in [0.25, 0.3) is 0 Å². The first-order chi connectivity index (χ1) is 9.64. The lowest BCUT2D eigenvalue weighted by Gasteiger charge is -2.22. The first kappa shape index (κ1) is 13.7. The van der Waals surface area contributed by atoms with E-state index in [1.165, 1.54) is 0 Å². The molecule has 0 aliphatic carbocycles. The van der Waals surface area contributed by atoms with Crippen LogP contribution in [0, 0.1) is 0 Å². The predicted octanol–water partition coefficient (Wildman–Crippen LogP) is 1.79. The SMILES string of the molecule is FC1(F)CCCN(c2cnc3c(n2)CCNCC3)CC1. The van der Waals surface area contributed by atoms with E-state index in [0.29, 0.717) is 19.5 Å². The van der Waals surface area contributed by atoms with Gasteiger partial charge in [0, 0.05) is 51.9 Å². The molecule has 1 N–H and O–H groups in total. The molecular weight excluding hydrogens is 262 g/mol. The molecule has 1 aromatic heterocycles. The second-order valence-electron chi connectivity index (χ2n) is 5.57. The van der Waals surface area contributed by atoms with Crippen LogP contribution in [0.5, 0.6) is 0 Å². The van der Waals surface area contributed by atoms with Crippen molar-refractivity contribution >= 4 is 5.82 Å². The second-order valence-corrected chi connectivity index (χ2v) is 5.57. The molecule has 110 valence electrons. The summed E-state index contributed by atoms with van der Waals surface area (Å²) in [5, 5.41) is 3.32. The van der Waals surface area contributed by atoms with Crippen molar-refractivity contribution in [3.63, 3.8) is 0 Å². The van der Waals surface area contributed by atoms with Crippen LogP contribution in [0.25, 0.3) is 0 Å². The van der Waals surface area contributed by atoms with Gasteiger partial charge in [-0.1, -0.05) is 0 Å². The summed E-state index contributed by atoms with van der Waals surface area (Å²) < 4.78 is 26.8. The van der Waals surface area contributed by atoms with Crippen LogP contribution in [0.15, 0.2) is 6.20 Å². The van der Waals surface area contributed by atoms with Gasteiger partial charge in [0.15, 0.2) is 0 Å². The highest BCUT2D eigenvalue weighted by atomic mass is 19.3. The minimum absolute atomic E-state index is 0.0220. The molecule has 0 unspecified atom stereocenters. The Labute approximate surface area is 117 Å². The maximum absolute atomic E-state index is 13.4. The molecule has 2 aliphatic rings. The Balaban J connectivity index is 1.78. The van der Waals surface area contributed by atoms with Crippen LogP contribution >= 0.6 is 0 Å². The third kappa shape index (κ3) is 3.06. The molecule has 0 bridgehead atoms. The van der Waals surface area contributed by atoms with Crippen LogP contribution in [0.2, 0.25) is 0 Å². The molecule has 0 amide bonds. The lowest BCUT2D eigenvalue weighted by molar-refractivity contribution is -0.0102. The monoisotopic (exact) mass is 282 g/mol. The molecule has 4 nitrogen and oxygen atoms in total. The highest BCUT2D eigenvalue weighted by Crippen LogP contribution is 2.29. The van der Waals surface area contributed by atoms with Crippen molar-refractivity contribution in [1.82, 2.24) is 15.3 Å². The standard InChI is InChI=1S/C14H20F2N4/c15-14(16)4-1-8-20(9-5-14)13-10-18-11-2-6-17-7-3-12(11)19-13/h10,17H,1-9H2. The second kappa shape index (κ2) is 5.60. The Kier molecular flexibility index (Phi) is 3.83. The minimum atomic E-state index is -2.53. The maximum Gasteiger partial charge on any atom is 0.249 e. The molecule has 2 aliphatic heterocycles. The minimum Gasteiger partial charge on any atom is -0.355 e. The number of fused-ring (bicyclic) bond motifs is 1. The van der Waals surface area contributed by atoms with Crippen LogP contribution in [0.3, 0.4) is 0 Å². The highest BCUT2D eigenvalue weighted by Gasteiger charge is 2.32. The van der Waals surface area contributed by atoms with Crippen molar-refractivity contribution in [2.45, 2.75) is 38.0 Å². The first-order valence-corrected chi connectivity index (χ1v) is 7.32. The summed E-state index contributed by atoms with van der Waals surface area (Å²) in [6.07, 6.45) is 3.89. The van der Waals surface area contributed by atoms with Gasteiger partial charge < -0.3 is 10.2 Å². The van der Waals surface area contributed by atoms with E-state index in [1.807, 2.05) is 4.90 Å². The smallest absolute Gasteiger partial charge is 0.249 e. The molecule has 0 spiro atoms. The van der Waals surface area contributed by atoms with Crippen molar-refractivity contribution in [2.75, 3.05) is 31.1 Å². The van der Waals surface area contributed by atoms with Crippen molar-refractivity contribution in [1.29, 1.82) is 0 Å². The summed E-state index contributed by atoms with van der Waals surface area (Å²) in [5.41, 5.74) is 2.06. The van der Waals surface area contributed by atoms with Gasteiger partial charge in [0.2, 0.25) is 5.92 Å². The molecule has 6 heteroatoms. The fourth-order valence-corrected chi connectivity index (χ4v) is 2.83. The largest absolute Gasteiger partial charge is 0.355 e. The summed E-state index contributed by atoms with van der Waals surface area (Å²) in [5.74, 6) is -1.78. The van der Waals surface area contributed by atoms with Crippen LogP contribution in [0.1, 0.15) is 30.7 Å². The summed E-state index contributed by atoms with van der Waals surface area (Å²) in [7, 11) is 0. The van der Waals surface area contributed by atoms with Crippen LogP contribution < -0.4 is 10.2 Å². The summed E-state index contributed by atoms with van der Waals surface area (Å²) >= 11 is 0. The highest BCUT2D eigenvalue weighted by molar-refractivity contribution is 5.38. The average molecular weight is 282 g/mol. The van der Waals surface area contributed by atoms with Gasteiger partial charge in [-0.3, -0.25) is 4.98 Å². The molecule has 0 saturated carbocycles.